The number of amides is 3. The van der Waals surface area contributed by atoms with Crippen LogP contribution in [0.15, 0.2) is 150 Å². The van der Waals surface area contributed by atoms with E-state index in [4.69, 9.17) is 9.84 Å². The van der Waals surface area contributed by atoms with Crippen molar-refractivity contribution in [2.45, 2.75) is 185 Å². The Morgan fingerprint density at radius 2 is 1.25 bits per heavy atom. The third-order valence-electron chi connectivity index (χ3n) is 18.5. The van der Waals surface area contributed by atoms with Gasteiger partial charge in [0.1, 0.15) is 29.9 Å². The molecule has 0 bridgehead atoms. The Bertz CT molecular complexity index is 3930. The van der Waals surface area contributed by atoms with E-state index in [0.717, 1.165) is 76.3 Å². The van der Waals surface area contributed by atoms with Crippen molar-refractivity contribution in [3.05, 3.63) is 172 Å². The minimum Gasteiger partial charge on any atom is -0.481 e. The van der Waals surface area contributed by atoms with Crippen LogP contribution in [0.25, 0.3) is 0 Å². The molecule has 22 nitrogen and oxygen atoms in total. The molecule has 534 valence electrons. The fraction of sp³-hybridized carbons (Fsp3) is 0.467. The fourth-order valence-electron chi connectivity index (χ4n) is 13.2. The number of urea groups is 1. The molecule has 0 unspecified atom stereocenters. The van der Waals surface area contributed by atoms with Gasteiger partial charge in [0.05, 0.1) is 28.9 Å². The summed E-state index contributed by atoms with van der Waals surface area (Å²) in [6.45, 7) is 9.42. The van der Waals surface area contributed by atoms with Crippen molar-refractivity contribution in [3.8, 4) is 5.75 Å². The van der Waals surface area contributed by atoms with Crippen LogP contribution in [0.1, 0.15) is 172 Å². The van der Waals surface area contributed by atoms with Gasteiger partial charge in [-0.05, 0) is 143 Å². The van der Waals surface area contributed by atoms with E-state index in [1.165, 1.54) is 0 Å². The second kappa shape index (κ2) is 36.5. The summed E-state index contributed by atoms with van der Waals surface area (Å²) in [6, 6.07) is 29.3. The molecular formula is C75H96N5O17S2+. The summed E-state index contributed by atoms with van der Waals surface area (Å²) in [5, 5.41) is 36.5. The molecule has 3 amide bonds. The van der Waals surface area contributed by atoms with Crippen molar-refractivity contribution >= 4 is 78.7 Å². The molecule has 0 spiro atoms. The van der Waals surface area contributed by atoms with Crippen LogP contribution in [0.2, 0.25) is 0 Å². The number of carbonyl (C=O) groups excluding carboxylic acids is 4. The van der Waals surface area contributed by atoms with Crippen LogP contribution in [0.3, 0.4) is 0 Å². The largest absolute Gasteiger partial charge is 0.481 e. The van der Waals surface area contributed by atoms with Crippen LogP contribution in [0.4, 0.5) is 16.2 Å². The Balaban J connectivity index is 1.03. The predicted molar refractivity (Wildman–Crippen MR) is 379 cm³/mol. The van der Waals surface area contributed by atoms with Gasteiger partial charge in [0, 0.05) is 86.1 Å². The Morgan fingerprint density at radius 1 is 0.616 bits per heavy atom. The number of fused-ring (bicyclic) bond motifs is 2. The van der Waals surface area contributed by atoms with Gasteiger partial charge in [-0.3, -0.25) is 33.1 Å². The number of nitrogens with one attached hydrogen (secondary N) is 3. The third kappa shape index (κ3) is 23.8. The highest BCUT2D eigenvalue weighted by Gasteiger charge is 2.44. The second-order valence-corrected chi connectivity index (χ2v) is 30.0. The van der Waals surface area contributed by atoms with E-state index in [9.17, 15) is 69.7 Å². The number of aliphatic carboxylic acids is 3. The molecule has 7 rings (SSSR count). The zero-order valence-corrected chi connectivity index (χ0v) is 58.7. The minimum absolute atomic E-state index is 0.00159. The summed E-state index contributed by atoms with van der Waals surface area (Å²) in [5.74, 6) is -5.18. The first-order chi connectivity index (χ1) is 47.0. The smallest absolute Gasteiger partial charge is 0.326 e. The number of ketones is 2. The topological polar surface area (TPSA) is 340 Å². The molecule has 24 heteroatoms. The van der Waals surface area contributed by atoms with Crippen molar-refractivity contribution in [2.75, 3.05) is 36.0 Å². The predicted octanol–water partition coefficient (Wildman–Crippen LogP) is 11.7. The number of anilines is 1. The van der Waals surface area contributed by atoms with E-state index in [0.29, 0.717) is 68.7 Å². The lowest BCUT2D eigenvalue weighted by Gasteiger charge is -2.27. The number of rotatable bonds is 41. The molecule has 0 radical (unpaired) electrons. The lowest BCUT2D eigenvalue weighted by Crippen LogP contribution is -2.46. The SMILES string of the molecule is CC1(C)C(=CC=C2CCCC(C=CC3=[N+](CCCS(=O)(=O)O)c4ccccc4C3(C)C)=C2Oc2ccc(C[C@H](CC(=O)[C@H](Cc3ccccc3)NC(=O)CCCCCCCCC(=O)CC[C@H](NC(=O)NCCCC(=O)O)C(=O)O)C(=O)O)cc2)N(CCCCS(=O)(=O)O)c2ccccc21. The Morgan fingerprint density at radius 3 is 1.93 bits per heavy atom. The Hall–Kier alpha value is -8.58. The number of para-hydroxylation sites is 2. The molecule has 99 heavy (non-hydrogen) atoms. The maximum atomic E-state index is 14.3. The van der Waals surface area contributed by atoms with E-state index in [1.807, 2.05) is 66.7 Å². The van der Waals surface area contributed by atoms with Gasteiger partial charge in [-0.2, -0.15) is 21.4 Å². The molecule has 4 aromatic carbocycles. The number of nitrogens with zero attached hydrogens (tertiary/aromatic N) is 2. The summed E-state index contributed by atoms with van der Waals surface area (Å²) < 4.78 is 75.4. The number of carboxylic acids is 3. The summed E-state index contributed by atoms with van der Waals surface area (Å²) in [6.07, 6.45) is 15.5. The highest BCUT2D eigenvalue weighted by atomic mass is 32.2. The average molecular weight is 1400 g/mol. The number of Topliss-reactive ketones (excluding diaryl/α,β-unsaturated/α-hetero) is 2. The Labute approximate surface area is 581 Å². The lowest BCUT2D eigenvalue weighted by atomic mass is 9.81. The highest BCUT2D eigenvalue weighted by Crippen LogP contribution is 2.48. The van der Waals surface area contributed by atoms with Crippen molar-refractivity contribution in [1.29, 1.82) is 0 Å². The highest BCUT2D eigenvalue weighted by molar-refractivity contribution is 7.86. The summed E-state index contributed by atoms with van der Waals surface area (Å²) in [7, 11) is -8.35. The second-order valence-electron chi connectivity index (χ2n) is 26.8. The molecule has 3 aliphatic rings. The van der Waals surface area contributed by atoms with Crippen molar-refractivity contribution in [2.24, 2.45) is 5.92 Å². The van der Waals surface area contributed by atoms with Crippen LogP contribution in [0, 0.1) is 5.92 Å². The first kappa shape index (κ1) is 77.8. The molecule has 0 saturated carbocycles. The molecule has 4 aromatic rings. The van der Waals surface area contributed by atoms with Crippen LogP contribution >= 0.6 is 0 Å². The van der Waals surface area contributed by atoms with Crippen molar-refractivity contribution < 1.29 is 84.1 Å². The van der Waals surface area contributed by atoms with Gasteiger partial charge < -0.3 is 40.9 Å². The van der Waals surface area contributed by atoms with Gasteiger partial charge in [-0.1, -0.05) is 124 Å². The number of unbranched alkanes of at least 4 members (excludes halogenated alkanes) is 6. The fourth-order valence-corrected chi connectivity index (χ4v) is 14.2. The number of hydrogen-bond donors (Lipinski definition) is 8. The summed E-state index contributed by atoms with van der Waals surface area (Å²) in [4.78, 5) is 90.0. The lowest BCUT2D eigenvalue weighted by molar-refractivity contribution is -0.437. The van der Waals surface area contributed by atoms with E-state index >= 15 is 0 Å². The number of carboxylic acid groups (broad SMARTS) is 3. The molecule has 3 atom stereocenters. The summed E-state index contributed by atoms with van der Waals surface area (Å²) >= 11 is 0. The van der Waals surface area contributed by atoms with Gasteiger partial charge in [0.15, 0.2) is 11.5 Å². The number of ether oxygens (including phenoxy) is 1. The number of hydrogen-bond acceptors (Lipinski definition) is 13. The van der Waals surface area contributed by atoms with Crippen LogP contribution in [-0.4, -0.2) is 136 Å². The maximum absolute atomic E-state index is 14.3. The van der Waals surface area contributed by atoms with Gasteiger partial charge in [0.2, 0.25) is 11.6 Å². The van der Waals surface area contributed by atoms with E-state index in [-0.39, 0.29) is 94.6 Å². The number of allylic oxidation sites excluding steroid dienone is 7. The molecule has 0 fully saturated rings. The average Bonchev–Trinajstić information content (AvgIpc) is 1.61. The number of benzene rings is 4. The minimum atomic E-state index is -4.21. The van der Waals surface area contributed by atoms with Gasteiger partial charge >= 0.3 is 23.9 Å². The molecule has 1 aliphatic carbocycles. The van der Waals surface area contributed by atoms with Gasteiger partial charge in [0.25, 0.3) is 20.2 Å². The van der Waals surface area contributed by atoms with E-state index in [1.54, 1.807) is 24.3 Å². The van der Waals surface area contributed by atoms with Crippen LogP contribution in [0.5, 0.6) is 5.75 Å². The standard InChI is InChI=1S/C75H95N5O17S2/c1-74(2)59-28-14-16-30-63(59)79(45-18-19-47-98(91,92)93)66(74)42-36-54-25-20-26-55(37-43-67-75(3,4)60-29-15-17-31-64(60)80(67)46-22-48-99(94,95)96)70(54)97-58-39-34-53(35-40-58)49-56(71(86)87)51-65(82)62(50-52-23-10-9-11-24-52)77-68(83)32-13-8-6-5-7-12-27-57(81)38-41-61(72(88)89)78-73(90)76-44-21-33-69(84)85/h9-11,14-17,23-24,28-31,34-37,39-40,42-43,56,61-62H,5-8,12-13,18-22,25-27,32-33,38,41,44-51H2,1-4H3,(H7-,76,77,78,83,84,85,86,87,88,89,90,91,92,93,94,95,96)/p+1/t56-,61+,62+/m1/s1. The van der Waals surface area contributed by atoms with Gasteiger partial charge in [-0.25, -0.2) is 9.59 Å². The van der Waals surface area contributed by atoms with Gasteiger partial charge in [-0.15, -0.1) is 0 Å². The van der Waals surface area contributed by atoms with Crippen molar-refractivity contribution in [3.63, 3.8) is 0 Å². The molecular weight excluding hydrogens is 1310 g/mol. The third-order valence-corrected chi connectivity index (χ3v) is 20.1. The molecule has 2 heterocycles. The van der Waals surface area contributed by atoms with Crippen molar-refractivity contribution in [1.82, 2.24) is 16.0 Å². The molecule has 0 aromatic heterocycles. The molecule has 0 saturated heterocycles. The van der Waals surface area contributed by atoms with E-state index in [2.05, 4.69) is 89.6 Å². The monoisotopic (exact) mass is 1400 g/mol. The van der Waals surface area contributed by atoms with Crippen LogP contribution < -0.4 is 25.6 Å². The molecule has 2 aliphatic heterocycles. The van der Waals surface area contributed by atoms with E-state index < -0.39 is 84.5 Å². The number of carbonyl (C=O) groups is 7. The quantitative estimate of drug-likeness (QED) is 0.0116. The zero-order chi connectivity index (χ0) is 71.9. The normalized spacial score (nSPS) is 16.7. The van der Waals surface area contributed by atoms with Crippen LogP contribution in [-0.2, 0) is 72.7 Å². The first-order valence-corrected chi connectivity index (χ1v) is 37.4. The summed E-state index contributed by atoms with van der Waals surface area (Å²) in [5.41, 5.74) is 8.30. The maximum Gasteiger partial charge on any atom is 0.326 e. The first-order valence-electron chi connectivity index (χ1n) is 34.2. The molecule has 8 N–H and O–H groups in total. The zero-order valence-electron chi connectivity index (χ0n) is 57.1. The Kier molecular flexibility index (Phi) is 28.7.